The lowest BCUT2D eigenvalue weighted by atomic mass is 10.2. The molecule has 0 aliphatic heterocycles. The molecule has 2 aromatic carbocycles. The van der Waals surface area contributed by atoms with Gasteiger partial charge in [-0.15, -0.1) is 0 Å². The summed E-state index contributed by atoms with van der Waals surface area (Å²) in [4.78, 5) is 0. The van der Waals surface area contributed by atoms with Crippen molar-refractivity contribution in [2.24, 2.45) is 5.73 Å². The summed E-state index contributed by atoms with van der Waals surface area (Å²) in [7, 11) is 1.62. The second kappa shape index (κ2) is 5.62. The maximum absolute atomic E-state index is 10.6. The van der Waals surface area contributed by atoms with Crippen LogP contribution in [0.1, 0.15) is 0 Å². The molecule has 0 atom stereocenters. The van der Waals surface area contributed by atoms with E-state index in [0.717, 1.165) is 39.7 Å². The first-order valence-electron chi connectivity index (χ1n) is 7.88. The zero-order valence-electron chi connectivity index (χ0n) is 13.4. The van der Waals surface area contributed by atoms with Crippen LogP contribution in [-0.2, 0) is 6.54 Å². The zero-order chi connectivity index (χ0) is 16.7. The first-order valence-corrected chi connectivity index (χ1v) is 7.88. The average molecular weight is 321 g/mol. The molecule has 0 radical (unpaired) electrons. The molecule has 0 bridgehead atoms. The van der Waals surface area contributed by atoms with Crippen LogP contribution >= 0.6 is 0 Å². The van der Waals surface area contributed by atoms with Crippen LogP contribution in [0.2, 0.25) is 0 Å². The van der Waals surface area contributed by atoms with Crippen molar-refractivity contribution in [3.05, 3.63) is 54.9 Å². The average Bonchev–Trinajstić information content (AvgIpc) is 3.16. The second-order valence-electron chi connectivity index (χ2n) is 5.82. The van der Waals surface area contributed by atoms with Gasteiger partial charge in [0.05, 0.1) is 18.3 Å². The Morgan fingerprint density at radius 3 is 2.71 bits per heavy atom. The van der Waals surface area contributed by atoms with Gasteiger partial charge in [0.15, 0.2) is 0 Å². The summed E-state index contributed by atoms with van der Waals surface area (Å²) in [5.74, 6) is 0.933. The van der Waals surface area contributed by atoms with Gasteiger partial charge in [-0.3, -0.25) is 4.57 Å². The van der Waals surface area contributed by atoms with Crippen LogP contribution in [-0.4, -0.2) is 27.9 Å². The van der Waals surface area contributed by atoms with Gasteiger partial charge in [0.1, 0.15) is 5.75 Å². The standard InChI is InChI=1S/C19H19N3O2/c1-24-16-5-3-14-12-22(19(23)17(14)11-16)15-4-2-13-6-8-21(9-7-20)18(13)10-15/h2-6,8,10-12,23H,7,9,20H2,1H3. The minimum atomic E-state index is 0.209. The molecule has 0 saturated carbocycles. The molecule has 5 heteroatoms. The van der Waals surface area contributed by atoms with Gasteiger partial charge < -0.3 is 20.1 Å². The summed E-state index contributed by atoms with van der Waals surface area (Å²) in [5, 5.41) is 13.5. The van der Waals surface area contributed by atoms with E-state index in [2.05, 4.69) is 22.8 Å². The molecule has 4 rings (SSSR count). The lowest BCUT2D eigenvalue weighted by Gasteiger charge is -2.08. The highest BCUT2D eigenvalue weighted by atomic mass is 16.5. The highest BCUT2D eigenvalue weighted by molar-refractivity contribution is 5.90. The van der Waals surface area contributed by atoms with Crippen LogP contribution in [0, 0.1) is 0 Å². The largest absolute Gasteiger partial charge is 0.497 e. The van der Waals surface area contributed by atoms with E-state index >= 15 is 0 Å². The number of benzene rings is 2. The first kappa shape index (κ1) is 14.7. The normalized spacial score (nSPS) is 11.4. The minimum Gasteiger partial charge on any atom is -0.497 e. The maximum Gasteiger partial charge on any atom is 0.203 e. The molecule has 0 unspecified atom stereocenters. The van der Waals surface area contributed by atoms with E-state index in [-0.39, 0.29) is 5.88 Å². The molecule has 5 nitrogen and oxygen atoms in total. The summed E-state index contributed by atoms with van der Waals surface area (Å²) in [5.41, 5.74) is 7.70. The van der Waals surface area contributed by atoms with Crippen molar-refractivity contribution in [3.8, 4) is 17.3 Å². The third-order valence-electron chi connectivity index (χ3n) is 4.40. The highest BCUT2D eigenvalue weighted by Gasteiger charge is 2.12. The van der Waals surface area contributed by atoms with Gasteiger partial charge in [0, 0.05) is 36.3 Å². The number of aromatic hydroxyl groups is 1. The lowest BCUT2D eigenvalue weighted by Crippen LogP contribution is -2.08. The number of methoxy groups -OCH3 is 1. The van der Waals surface area contributed by atoms with Crippen molar-refractivity contribution in [2.45, 2.75) is 6.54 Å². The molecule has 24 heavy (non-hydrogen) atoms. The number of nitrogens with zero attached hydrogens (tertiary/aromatic N) is 2. The number of fused-ring (bicyclic) bond motifs is 2. The molecular formula is C19H19N3O2. The molecule has 0 aliphatic rings. The summed E-state index contributed by atoms with van der Waals surface area (Å²) in [6.45, 7) is 1.36. The van der Waals surface area contributed by atoms with E-state index in [1.54, 1.807) is 11.7 Å². The molecule has 0 fully saturated rings. The Bertz CT molecular complexity index is 1030. The Morgan fingerprint density at radius 2 is 1.92 bits per heavy atom. The molecular weight excluding hydrogens is 302 g/mol. The van der Waals surface area contributed by atoms with Crippen molar-refractivity contribution in [1.29, 1.82) is 0 Å². The topological polar surface area (TPSA) is 65.3 Å². The number of ether oxygens (including phenoxy) is 1. The fourth-order valence-electron chi connectivity index (χ4n) is 3.15. The van der Waals surface area contributed by atoms with Gasteiger partial charge in [0.2, 0.25) is 5.88 Å². The van der Waals surface area contributed by atoms with Crippen molar-refractivity contribution >= 4 is 21.7 Å². The van der Waals surface area contributed by atoms with Crippen molar-refractivity contribution in [2.75, 3.05) is 13.7 Å². The van der Waals surface area contributed by atoms with Crippen LogP contribution in [0.4, 0.5) is 0 Å². The van der Waals surface area contributed by atoms with Gasteiger partial charge in [-0.1, -0.05) is 6.07 Å². The SMILES string of the molecule is COc1ccc2cn(-c3ccc4ccn(CCN)c4c3)c(O)c2c1. The van der Waals surface area contributed by atoms with Crippen molar-refractivity contribution in [1.82, 2.24) is 9.13 Å². The Morgan fingerprint density at radius 1 is 1.08 bits per heavy atom. The molecule has 122 valence electrons. The van der Waals surface area contributed by atoms with E-state index in [4.69, 9.17) is 10.5 Å². The molecule has 0 saturated heterocycles. The fraction of sp³-hybridized carbons (Fsp3) is 0.158. The number of rotatable bonds is 4. The third-order valence-corrected chi connectivity index (χ3v) is 4.40. The quantitative estimate of drug-likeness (QED) is 0.606. The first-order chi connectivity index (χ1) is 11.7. The molecule has 4 aromatic rings. The van der Waals surface area contributed by atoms with Crippen LogP contribution in [0.5, 0.6) is 11.6 Å². The van der Waals surface area contributed by atoms with Gasteiger partial charge in [-0.05, 0) is 41.8 Å². The van der Waals surface area contributed by atoms with E-state index in [1.165, 1.54) is 0 Å². The monoisotopic (exact) mass is 321 g/mol. The predicted octanol–water partition coefficient (Wildman–Crippen LogP) is 3.26. The smallest absolute Gasteiger partial charge is 0.203 e. The van der Waals surface area contributed by atoms with Crippen LogP contribution < -0.4 is 10.5 Å². The summed E-state index contributed by atoms with van der Waals surface area (Å²) in [6.07, 6.45) is 3.97. The molecule has 2 aromatic heterocycles. The Labute approximate surface area is 139 Å². The summed E-state index contributed by atoms with van der Waals surface area (Å²) >= 11 is 0. The van der Waals surface area contributed by atoms with E-state index in [0.29, 0.717) is 6.54 Å². The number of aromatic nitrogens is 2. The second-order valence-corrected chi connectivity index (χ2v) is 5.82. The summed E-state index contributed by atoms with van der Waals surface area (Å²) < 4.78 is 9.17. The van der Waals surface area contributed by atoms with E-state index in [9.17, 15) is 5.11 Å². The summed E-state index contributed by atoms with van der Waals surface area (Å²) in [6, 6.07) is 13.9. The van der Waals surface area contributed by atoms with Crippen molar-refractivity contribution < 1.29 is 9.84 Å². The molecule has 0 amide bonds. The van der Waals surface area contributed by atoms with E-state index < -0.39 is 0 Å². The van der Waals surface area contributed by atoms with Gasteiger partial charge in [0.25, 0.3) is 0 Å². The highest BCUT2D eigenvalue weighted by Crippen LogP contribution is 2.33. The van der Waals surface area contributed by atoms with Gasteiger partial charge in [-0.2, -0.15) is 0 Å². The molecule has 2 heterocycles. The van der Waals surface area contributed by atoms with Gasteiger partial charge in [-0.25, -0.2) is 0 Å². The zero-order valence-corrected chi connectivity index (χ0v) is 13.4. The molecule has 3 N–H and O–H groups in total. The molecule has 0 spiro atoms. The minimum absolute atomic E-state index is 0.209. The van der Waals surface area contributed by atoms with Crippen LogP contribution in [0.3, 0.4) is 0 Å². The van der Waals surface area contributed by atoms with E-state index in [1.807, 2.05) is 36.7 Å². The number of hydrogen-bond donors (Lipinski definition) is 2. The Kier molecular flexibility index (Phi) is 3.43. The van der Waals surface area contributed by atoms with Crippen molar-refractivity contribution in [3.63, 3.8) is 0 Å². The maximum atomic E-state index is 10.6. The van der Waals surface area contributed by atoms with Crippen LogP contribution in [0.25, 0.3) is 27.4 Å². The number of hydrogen-bond acceptors (Lipinski definition) is 3. The molecule has 0 aliphatic carbocycles. The van der Waals surface area contributed by atoms with Gasteiger partial charge >= 0.3 is 0 Å². The lowest BCUT2D eigenvalue weighted by molar-refractivity contribution is 0.414. The Hall–Kier alpha value is -2.92. The Balaban J connectivity index is 1.88. The predicted molar refractivity (Wildman–Crippen MR) is 96.0 cm³/mol. The number of nitrogens with two attached hydrogens (primary N) is 1. The van der Waals surface area contributed by atoms with Crippen LogP contribution in [0.15, 0.2) is 54.9 Å². The third kappa shape index (κ3) is 2.21. The fourth-order valence-corrected chi connectivity index (χ4v) is 3.15.